The Balaban J connectivity index is 1.75. The predicted octanol–water partition coefficient (Wildman–Crippen LogP) is 1.80. The van der Waals surface area contributed by atoms with E-state index in [1.807, 2.05) is 6.07 Å². The maximum absolute atomic E-state index is 11.1. The number of ether oxygens (including phenoxy) is 1. The summed E-state index contributed by atoms with van der Waals surface area (Å²) >= 11 is 0. The van der Waals surface area contributed by atoms with Gasteiger partial charge in [-0.15, -0.1) is 0 Å². The number of methoxy groups -OCH3 is 1. The lowest BCUT2D eigenvalue weighted by molar-refractivity contribution is 0.247. The minimum Gasteiger partial charge on any atom is -0.497 e. The first-order valence-corrected chi connectivity index (χ1v) is 6.47. The van der Waals surface area contributed by atoms with Crippen LogP contribution in [0.2, 0.25) is 0 Å². The van der Waals surface area contributed by atoms with E-state index < -0.39 is 0 Å². The summed E-state index contributed by atoms with van der Waals surface area (Å²) < 4.78 is 5.29. The average molecular weight is 246 g/mol. The van der Waals surface area contributed by atoms with Gasteiger partial charge in [0, 0.05) is 12.6 Å². The number of fused-ring (bicyclic) bond motifs is 1. The number of rotatable bonds is 3. The molecule has 4 heteroatoms. The molecule has 1 aliphatic carbocycles. The average Bonchev–Trinajstić information content (AvgIpc) is 2.96. The molecule has 96 valence electrons. The van der Waals surface area contributed by atoms with Crippen LogP contribution < -0.4 is 15.4 Å². The van der Waals surface area contributed by atoms with E-state index in [0.29, 0.717) is 5.92 Å². The van der Waals surface area contributed by atoms with E-state index >= 15 is 0 Å². The molecule has 1 aliphatic heterocycles. The van der Waals surface area contributed by atoms with Crippen molar-refractivity contribution in [2.45, 2.75) is 31.2 Å². The molecule has 1 heterocycles. The summed E-state index contributed by atoms with van der Waals surface area (Å²) in [4.78, 5) is 11.1. The smallest absolute Gasteiger partial charge is 0.315 e. The fourth-order valence-corrected chi connectivity index (χ4v) is 3.03. The summed E-state index contributed by atoms with van der Waals surface area (Å²) in [5.41, 5.74) is 2.83. The molecule has 2 atom stereocenters. The van der Waals surface area contributed by atoms with Crippen LogP contribution in [0, 0.1) is 0 Å². The molecule has 2 N–H and O–H groups in total. The Morgan fingerprint density at radius 1 is 1.44 bits per heavy atom. The van der Waals surface area contributed by atoms with Crippen LogP contribution in [0.4, 0.5) is 4.79 Å². The maximum Gasteiger partial charge on any atom is 0.315 e. The van der Waals surface area contributed by atoms with Crippen LogP contribution in [0.5, 0.6) is 5.75 Å². The molecule has 18 heavy (non-hydrogen) atoms. The minimum atomic E-state index is -0.0381. The summed E-state index contributed by atoms with van der Waals surface area (Å²) in [6.07, 6.45) is 3.33. The highest BCUT2D eigenvalue weighted by Crippen LogP contribution is 2.38. The first kappa shape index (κ1) is 11.4. The number of benzene rings is 1. The van der Waals surface area contributed by atoms with Crippen LogP contribution in [0.25, 0.3) is 0 Å². The minimum absolute atomic E-state index is 0.0381. The fraction of sp³-hybridized carbons (Fsp3) is 0.500. The zero-order chi connectivity index (χ0) is 12.5. The van der Waals surface area contributed by atoms with Gasteiger partial charge in [0.2, 0.25) is 0 Å². The Morgan fingerprint density at radius 2 is 2.33 bits per heavy atom. The van der Waals surface area contributed by atoms with Crippen LogP contribution in [-0.2, 0) is 6.42 Å². The van der Waals surface area contributed by atoms with Gasteiger partial charge in [-0.1, -0.05) is 6.07 Å². The Bertz CT molecular complexity index is 473. The lowest BCUT2D eigenvalue weighted by Gasteiger charge is -2.16. The van der Waals surface area contributed by atoms with Gasteiger partial charge in [-0.25, -0.2) is 4.79 Å². The molecule has 0 radical (unpaired) electrons. The van der Waals surface area contributed by atoms with E-state index in [9.17, 15) is 4.79 Å². The molecule has 1 fully saturated rings. The van der Waals surface area contributed by atoms with Crippen LogP contribution in [0.3, 0.4) is 0 Å². The third-order valence-electron chi connectivity index (χ3n) is 3.97. The van der Waals surface area contributed by atoms with Crippen molar-refractivity contribution in [3.63, 3.8) is 0 Å². The number of nitrogens with one attached hydrogen (secondary N) is 2. The number of hydrogen-bond acceptors (Lipinski definition) is 2. The molecule has 0 aromatic heterocycles. The van der Waals surface area contributed by atoms with Gasteiger partial charge in [-0.2, -0.15) is 0 Å². The van der Waals surface area contributed by atoms with Crippen molar-refractivity contribution in [3.05, 3.63) is 29.3 Å². The van der Waals surface area contributed by atoms with Crippen LogP contribution in [0.15, 0.2) is 18.2 Å². The molecule has 2 aliphatic rings. The van der Waals surface area contributed by atoms with Gasteiger partial charge in [0.1, 0.15) is 5.75 Å². The largest absolute Gasteiger partial charge is 0.497 e. The quantitative estimate of drug-likeness (QED) is 0.854. The van der Waals surface area contributed by atoms with Crippen LogP contribution in [0.1, 0.15) is 29.9 Å². The van der Waals surface area contributed by atoms with Crippen molar-refractivity contribution in [1.29, 1.82) is 0 Å². The Hall–Kier alpha value is -1.71. The van der Waals surface area contributed by atoms with E-state index in [2.05, 4.69) is 22.8 Å². The van der Waals surface area contributed by atoms with Crippen molar-refractivity contribution in [1.82, 2.24) is 10.6 Å². The van der Waals surface area contributed by atoms with Crippen LogP contribution in [-0.4, -0.2) is 25.7 Å². The number of aryl methyl sites for hydroxylation is 1. The molecule has 1 aromatic carbocycles. The van der Waals surface area contributed by atoms with Crippen LogP contribution >= 0.6 is 0 Å². The highest BCUT2D eigenvalue weighted by Gasteiger charge is 2.28. The number of amides is 2. The molecule has 2 unspecified atom stereocenters. The van der Waals surface area contributed by atoms with E-state index in [4.69, 9.17) is 4.74 Å². The normalized spacial score (nSPS) is 25.5. The highest BCUT2D eigenvalue weighted by atomic mass is 16.5. The second-order valence-electron chi connectivity index (χ2n) is 5.09. The monoisotopic (exact) mass is 246 g/mol. The molecule has 2 amide bonds. The number of carbonyl (C=O) groups is 1. The molecule has 4 nitrogen and oxygen atoms in total. The first-order chi connectivity index (χ1) is 8.76. The molecule has 0 bridgehead atoms. The van der Waals surface area contributed by atoms with Crippen molar-refractivity contribution in [2.24, 2.45) is 0 Å². The van der Waals surface area contributed by atoms with Gasteiger partial charge in [-0.3, -0.25) is 0 Å². The Morgan fingerprint density at radius 3 is 3.06 bits per heavy atom. The lowest BCUT2D eigenvalue weighted by atomic mass is 9.94. The van der Waals surface area contributed by atoms with Gasteiger partial charge >= 0.3 is 6.03 Å². The molecular formula is C14H18N2O2. The number of urea groups is 1. The molecule has 0 saturated carbocycles. The third kappa shape index (κ3) is 2.03. The Kier molecular flexibility index (Phi) is 2.86. The Labute approximate surface area is 107 Å². The maximum atomic E-state index is 11.1. The molecule has 1 aromatic rings. The lowest BCUT2D eigenvalue weighted by Crippen LogP contribution is -2.27. The van der Waals surface area contributed by atoms with Gasteiger partial charge in [-0.05, 0) is 48.4 Å². The van der Waals surface area contributed by atoms with E-state index in [1.165, 1.54) is 17.5 Å². The van der Waals surface area contributed by atoms with Crippen molar-refractivity contribution >= 4 is 6.03 Å². The summed E-state index contributed by atoms with van der Waals surface area (Å²) in [7, 11) is 1.70. The second kappa shape index (κ2) is 4.52. The fourth-order valence-electron chi connectivity index (χ4n) is 3.03. The number of hydrogen-bond donors (Lipinski definition) is 2. The zero-order valence-corrected chi connectivity index (χ0v) is 10.5. The number of carbonyl (C=O) groups excluding carboxylic acids is 1. The second-order valence-corrected chi connectivity index (χ2v) is 5.09. The summed E-state index contributed by atoms with van der Waals surface area (Å²) in [5.74, 6) is 1.47. The topological polar surface area (TPSA) is 50.4 Å². The zero-order valence-electron chi connectivity index (χ0n) is 10.5. The summed E-state index contributed by atoms with van der Waals surface area (Å²) in [6.45, 7) is 0.745. The first-order valence-electron chi connectivity index (χ1n) is 6.47. The standard InChI is InChI=1S/C14H18N2O2/c1-18-12-5-4-9-2-3-10(13(9)7-12)6-11-8-15-14(17)16-11/h4-5,7,10-11H,2-3,6,8H2,1H3,(H2,15,16,17). The highest BCUT2D eigenvalue weighted by molar-refractivity contribution is 5.76. The van der Waals surface area contributed by atoms with E-state index in [0.717, 1.165) is 25.1 Å². The summed E-state index contributed by atoms with van der Waals surface area (Å²) in [6, 6.07) is 6.57. The van der Waals surface area contributed by atoms with Gasteiger partial charge in [0.25, 0.3) is 0 Å². The summed E-state index contributed by atoms with van der Waals surface area (Å²) in [5, 5.41) is 5.77. The third-order valence-corrected chi connectivity index (χ3v) is 3.97. The molecule has 0 spiro atoms. The molecule has 3 rings (SSSR count). The van der Waals surface area contributed by atoms with Gasteiger partial charge in [0.05, 0.1) is 7.11 Å². The van der Waals surface area contributed by atoms with Gasteiger partial charge < -0.3 is 15.4 Å². The molecular weight excluding hydrogens is 228 g/mol. The van der Waals surface area contributed by atoms with Crippen molar-refractivity contribution in [2.75, 3.05) is 13.7 Å². The van der Waals surface area contributed by atoms with Crippen molar-refractivity contribution < 1.29 is 9.53 Å². The van der Waals surface area contributed by atoms with E-state index in [-0.39, 0.29) is 12.1 Å². The molecule has 1 saturated heterocycles. The van der Waals surface area contributed by atoms with E-state index in [1.54, 1.807) is 7.11 Å². The van der Waals surface area contributed by atoms with Crippen molar-refractivity contribution in [3.8, 4) is 5.75 Å². The van der Waals surface area contributed by atoms with Gasteiger partial charge in [0.15, 0.2) is 0 Å². The SMILES string of the molecule is COc1ccc2c(c1)C(CC1CNC(=O)N1)CC2. The predicted molar refractivity (Wildman–Crippen MR) is 69.0 cm³/mol.